The van der Waals surface area contributed by atoms with Crippen molar-refractivity contribution >= 4 is 34.0 Å². The Morgan fingerprint density at radius 2 is 1.90 bits per heavy atom. The highest BCUT2D eigenvalue weighted by Crippen LogP contribution is 2.35. The van der Waals surface area contributed by atoms with Crippen molar-refractivity contribution in [2.75, 3.05) is 36.4 Å². The van der Waals surface area contributed by atoms with Crippen molar-refractivity contribution in [3.63, 3.8) is 0 Å². The van der Waals surface area contributed by atoms with Crippen molar-refractivity contribution in [1.29, 1.82) is 0 Å². The number of nitrogens with zero attached hydrogens (tertiary/aromatic N) is 3. The zero-order valence-electron chi connectivity index (χ0n) is 18.9. The Kier molecular flexibility index (Phi) is 6.32. The van der Waals surface area contributed by atoms with Gasteiger partial charge in [0.1, 0.15) is 0 Å². The van der Waals surface area contributed by atoms with E-state index in [-0.39, 0.29) is 23.7 Å². The van der Waals surface area contributed by atoms with Gasteiger partial charge in [0.25, 0.3) is 0 Å². The summed E-state index contributed by atoms with van der Waals surface area (Å²) < 4.78 is 0. The van der Waals surface area contributed by atoms with Crippen LogP contribution < -0.4 is 10.2 Å². The van der Waals surface area contributed by atoms with Crippen molar-refractivity contribution in [2.24, 2.45) is 11.8 Å². The molecule has 2 aliphatic rings. The molecule has 0 bridgehead atoms. The lowest BCUT2D eigenvalue weighted by Crippen LogP contribution is -2.49. The first-order valence-corrected chi connectivity index (χ1v) is 12.0. The average molecular weight is 441 g/mol. The Bertz CT molecular complexity index is 976. The second-order valence-electron chi connectivity index (χ2n) is 9.01. The molecule has 2 heterocycles. The molecule has 1 saturated heterocycles. The summed E-state index contributed by atoms with van der Waals surface area (Å²) in [5.41, 5.74) is 4.37. The summed E-state index contributed by atoms with van der Waals surface area (Å²) in [6, 6.07) is 6.03. The van der Waals surface area contributed by atoms with Gasteiger partial charge in [0.05, 0.1) is 5.69 Å². The van der Waals surface area contributed by atoms with Crippen LogP contribution in [0.15, 0.2) is 18.2 Å². The molecule has 1 unspecified atom stereocenters. The fraction of sp³-hybridized carbons (Fsp3) is 0.542. The molecule has 31 heavy (non-hydrogen) atoms. The molecule has 1 fully saturated rings. The van der Waals surface area contributed by atoms with E-state index >= 15 is 0 Å². The number of fused-ring (bicyclic) bond motifs is 1. The smallest absolute Gasteiger partial charge is 0.227 e. The third kappa shape index (κ3) is 4.61. The molecule has 0 spiro atoms. The number of aryl methyl sites for hydroxylation is 2. The van der Waals surface area contributed by atoms with Gasteiger partial charge in [-0.2, -0.15) is 0 Å². The van der Waals surface area contributed by atoms with Gasteiger partial charge in [0.2, 0.25) is 11.8 Å². The first-order valence-electron chi connectivity index (χ1n) is 11.2. The molecule has 1 N–H and O–H groups in total. The molecular formula is C24H32N4O2S. The molecule has 0 saturated carbocycles. The summed E-state index contributed by atoms with van der Waals surface area (Å²) in [5, 5.41) is 4.18. The number of rotatable bonds is 4. The lowest BCUT2D eigenvalue weighted by atomic mass is 9.90. The van der Waals surface area contributed by atoms with Crippen LogP contribution in [0.3, 0.4) is 0 Å². The predicted molar refractivity (Wildman–Crippen MR) is 126 cm³/mol. The molecule has 1 aliphatic heterocycles. The first kappa shape index (κ1) is 21.8. The summed E-state index contributed by atoms with van der Waals surface area (Å²) >= 11 is 1.72. The minimum absolute atomic E-state index is 0.0128. The lowest BCUT2D eigenvalue weighted by Gasteiger charge is -2.35. The van der Waals surface area contributed by atoms with Crippen LogP contribution in [-0.4, -0.2) is 47.9 Å². The van der Waals surface area contributed by atoms with Gasteiger partial charge in [-0.15, -0.1) is 11.3 Å². The highest BCUT2D eigenvalue weighted by atomic mass is 32.1. The maximum Gasteiger partial charge on any atom is 0.227 e. The Morgan fingerprint density at radius 3 is 2.61 bits per heavy atom. The van der Waals surface area contributed by atoms with Crippen LogP contribution in [0.5, 0.6) is 0 Å². The number of benzene rings is 1. The third-order valence-corrected chi connectivity index (χ3v) is 7.70. The van der Waals surface area contributed by atoms with E-state index in [9.17, 15) is 9.59 Å². The summed E-state index contributed by atoms with van der Waals surface area (Å²) in [6.45, 7) is 11.2. The molecule has 1 atom stereocenters. The van der Waals surface area contributed by atoms with Crippen LogP contribution in [0.25, 0.3) is 0 Å². The number of hydrogen-bond donors (Lipinski definition) is 1. The second kappa shape index (κ2) is 8.99. The minimum atomic E-state index is -0.0128. The van der Waals surface area contributed by atoms with Crippen molar-refractivity contribution in [2.45, 2.75) is 47.0 Å². The van der Waals surface area contributed by atoms with E-state index in [4.69, 9.17) is 4.98 Å². The van der Waals surface area contributed by atoms with Crippen molar-refractivity contribution < 1.29 is 9.59 Å². The SMILES string of the molecule is Cc1cccc(NC(=O)C2CCc3nc(N4CCN(C(=O)C(C)C)CC4)sc3C2)c1C. The molecular weight excluding hydrogens is 408 g/mol. The first-order chi connectivity index (χ1) is 14.8. The van der Waals surface area contributed by atoms with Gasteiger partial charge < -0.3 is 15.1 Å². The largest absolute Gasteiger partial charge is 0.345 e. The molecule has 0 radical (unpaired) electrons. The Morgan fingerprint density at radius 1 is 1.16 bits per heavy atom. The monoisotopic (exact) mass is 440 g/mol. The fourth-order valence-electron chi connectivity index (χ4n) is 4.32. The molecule has 6 nitrogen and oxygen atoms in total. The number of hydrogen-bond acceptors (Lipinski definition) is 5. The van der Waals surface area contributed by atoms with Crippen molar-refractivity contribution in [3.05, 3.63) is 39.9 Å². The standard InChI is InChI=1S/C24H32N4O2S/c1-15(2)23(30)27-10-12-28(13-11-27)24-26-20-9-8-18(14-21(20)31-24)22(29)25-19-7-5-6-16(3)17(19)4/h5-7,15,18H,8-14H2,1-4H3,(H,25,29). The molecule has 7 heteroatoms. The molecule has 1 aromatic heterocycles. The van der Waals surface area contributed by atoms with Gasteiger partial charge in [-0.3, -0.25) is 9.59 Å². The van der Waals surface area contributed by atoms with Gasteiger partial charge in [0, 0.05) is 48.6 Å². The van der Waals surface area contributed by atoms with Gasteiger partial charge in [-0.05, 0) is 50.3 Å². The normalized spacial score (nSPS) is 18.8. The van der Waals surface area contributed by atoms with Gasteiger partial charge >= 0.3 is 0 Å². The maximum atomic E-state index is 12.9. The number of carbonyl (C=O) groups is 2. The quantitative estimate of drug-likeness (QED) is 0.785. The number of piperazine rings is 1. The van der Waals surface area contributed by atoms with Crippen LogP contribution >= 0.6 is 11.3 Å². The zero-order valence-corrected chi connectivity index (χ0v) is 19.7. The number of thiazole rings is 1. The Balaban J connectivity index is 1.38. The Labute approximate surface area is 188 Å². The number of carbonyl (C=O) groups excluding carboxylic acids is 2. The maximum absolute atomic E-state index is 12.9. The number of nitrogens with one attached hydrogen (secondary N) is 1. The zero-order chi connectivity index (χ0) is 22.1. The molecule has 2 aromatic rings. The Hall–Kier alpha value is -2.41. The molecule has 166 valence electrons. The third-order valence-electron chi connectivity index (χ3n) is 6.52. The van der Waals surface area contributed by atoms with Crippen LogP contribution in [0.2, 0.25) is 0 Å². The number of anilines is 2. The summed E-state index contributed by atoms with van der Waals surface area (Å²) in [5.74, 6) is 0.373. The van der Waals surface area contributed by atoms with Crippen LogP contribution in [0.4, 0.5) is 10.8 Å². The van der Waals surface area contributed by atoms with E-state index in [2.05, 4.69) is 23.2 Å². The molecule has 2 amide bonds. The van der Waals surface area contributed by atoms with Crippen molar-refractivity contribution in [3.8, 4) is 0 Å². The van der Waals surface area contributed by atoms with E-state index in [1.807, 2.05) is 37.8 Å². The van der Waals surface area contributed by atoms with Gasteiger partial charge in [-0.1, -0.05) is 26.0 Å². The molecule has 1 aromatic carbocycles. The predicted octanol–water partition coefficient (Wildman–Crippen LogP) is 3.81. The highest BCUT2D eigenvalue weighted by molar-refractivity contribution is 7.15. The van der Waals surface area contributed by atoms with E-state index in [1.54, 1.807) is 11.3 Å². The second-order valence-corrected chi connectivity index (χ2v) is 10.1. The van der Waals surface area contributed by atoms with E-state index < -0.39 is 0 Å². The average Bonchev–Trinajstić information content (AvgIpc) is 3.20. The van der Waals surface area contributed by atoms with E-state index in [0.717, 1.165) is 67.5 Å². The fourth-order valence-corrected chi connectivity index (χ4v) is 5.56. The topological polar surface area (TPSA) is 65.5 Å². The van der Waals surface area contributed by atoms with E-state index in [0.29, 0.717) is 0 Å². The van der Waals surface area contributed by atoms with Crippen LogP contribution in [-0.2, 0) is 22.4 Å². The number of aromatic nitrogens is 1. The molecule has 4 rings (SSSR count). The van der Waals surface area contributed by atoms with E-state index in [1.165, 1.54) is 10.4 Å². The van der Waals surface area contributed by atoms with Gasteiger partial charge in [-0.25, -0.2) is 4.98 Å². The van der Waals surface area contributed by atoms with Gasteiger partial charge in [0.15, 0.2) is 5.13 Å². The minimum Gasteiger partial charge on any atom is -0.345 e. The molecule has 1 aliphatic carbocycles. The highest BCUT2D eigenvalue weighted by Gasteiger charge is 2.30. The lowest BCUT2D eigenvalue weighted by molar-refractivity contribution is -0.134. The van der Waals surface area contributed by atoms with Crippen molar-refractivity contribution in [1.82, 2.24) is 9.88 Å². The summed E-state index contributed by atoms with van der Waals surface area (Å²) in [6.07, 6.45) is 2.45. The summed E-state index contributed by atoms with van der Waals surface area (Å²) in [4.78, 5) is 35.5. The number of amides is 2. The summed E-state index contributed by atoms with van der Waals surface area (Å²) in [7, 11) is 0. The van der Waals surface area contributed by atoms with Crippen LogP contribution in [0, 0.1) is 25.7 Å². The van der Waals surface area contributed by atoms with Crippen LogP contribution in [0.1, 0.15) is 42.0 Å².